The predicted molar refractivity (Wildman–Crippen MR) is 139 cm³/mol. The average molecular weight is 480 g/mol. The van der Waals surface area contributed by atoms with Gasteiger partial charge in [0.25, 0.3) is 0 Å². The minimum absolute atomic E-state index is 0.206. The van der Waals surface area contributed by atoms with Crippen LogP contribution in [0.1, 0.15) is 38.8 Å². The molecule has 7 nitrogen and oxygen atoms in total. The van der Waals surface area contributed by atoms with Gasteiger partial charge in [0.1, 0.15) is 19.0 Å². The highest BCUT2D eigenvalue weighted by atomic mass is 16.7. The molecule has 0 unspecified atom stereocenters. The lowest BCUT2D eigenvalue weighted by Gasteiger charge is -2.32. The van der Waals surface area contributed by atoms with Gasteiger partial charge >= 0.3 is 13.2 Å². The van der Waals surface area contributed by atoms with Crippen LogP contribution >= 0.6 is 0 Å². The molecular weight excluding hydrogens is 443 g/mol. The van der Waals surface area contributed by atoms with Crippen molar-refractivity contribution in [3.8, 4) is 5.75 Å². The van der Waals surface area contributed by atoms with Gasteiger partial charge in [0.2, 0.25) is 0 Å². The minimum Gasteiger partial charge on any atom is -0.492 e. The van der Waals surface area contributed by atoms with Gasteiger partial charge < -0.3 is 29.0 Å². The van der Waals surface area contributed by atoms with Crippen LogP contribution < -0.4 is 10.1 Å². The standard InChI is InChI=1S/C27H37BN2O5/c1-26(2)27(3,4)35-28(34-26)23(19-29-25(31)33-20-22-10-8-7-9-11-22)18-21-12-14-24(15-13-21)32-17-16-30(5)6/h7-15,18H,16-17,19-20H2,1-6H3,(H,29,31). The zero-order valence-corrected chi connectivity index (χ0v) is 21.7. The maximum absolute atomic E-state index is 12.4. The second kappa shape index (κ2) is 11.8. The van der Waals surface area contributed by atoms with E-state index in [0.717, 1.165) is 28.9 Å². The van der Waals surface area contributed by atoms with Crippen molar-refractivity contribution in [3.63, 3.8) is 0 Å². The number of amides is 1. The number of benzene rings is 2. The average Bonchev–Trinajstić information content (AvgIpc) is 3.03. The quantitative estimate of drug-likeness (QED) is 0.503. The molecule has 0 atom stereocenters. The number of nitrogens with zero attached hydrogens (tertiary/aromatic N) is 1. The van der Waals surface area contributed by atoms with Gasteiger partial charge in [-0.1, -0.05) is 48.5 Å². The van der Waals surface area contributed by atoms with Gasteiger partial charge in [-0.2, -0.15) is 0 Å². The van der Waals surface area contributed by atoms with E-state index in [-0.39, 0.29) is 13.2 Å². The van der Waals surface area contributed by atoms with Crippen molar-refractivity contribution in [2.24, 2.45) is 0 Å². The first kappa shape index (κ1) is 26.8. The third kappa shape index (κ3) is 7.85. The molecule has 1 aliphatic rings. The molecule has 0 bridgehead atoms. The fourth-order valence-electron chi connectivity index (χ4n) is 3.37. The summed E-state index contributed by atoms with van der Waals surface area (Å²) in [5.41, 5.74) is 1.69. The summed E-state index contributed by atoms with van der Waals surface area (Å²) in [6.45, 7) is 9.93. The topological polar surface area (TPSA) is 69.3 Å². The van der Waals surface area contributed by atoms with E-state index in [4.69, 9.17) is 18.8 Å². The van der Waals surface area contributed by atoms with E-state index < -0.39 is 24.4 Å². The monoisotopic (exact) mass is 480 g/mol. The fraction of sp³-hybridized carbons (Fsp3) is 0.444. The van der Waals surface area contributed by atoms with Crippen molar-refractivity contribution < 1.29 is 23.6 Å². The lowest BCUT2D eigenvalue weighted by molar-refractivity contribution is 0.00578. The number of likely N-dealkylation sites (N-methyl/N-ethyl adjacent to an activating group) is 1. The Labute approximate surface area is 209 Å². The summed E-state index contributed by atoms with van der Waals surface area (Å²) in [4.78, 5) is 14.4. The Morgan fingerprint density at radius 3 is 2.23 bits per heavy atom. The van der Waals surface area contributed by atoms with Crippen LogP contribution in [0.5, 0.6) is 5.75 Å². The van der Waals surface area contributed by atoms with Gasteiger partial charge in [0, 0.05) is 13.1 Å². The van der Waals surface area contributed by atoms with Gasteiger partial charge in [-0.15, -0.1) is 0 Å². The van der Waals surface area contributed by atoms with Crippen LogP contribution in [0, 0.1) is 0 Å². The number of carbonyl (C=O) groups is 1. The molecule has 3 rings (SSSR count). The first-order valence-electron chi connectivity index (χ1n) is 11.9. The van der Waals surface area contributed by atoms with Gasteiger partial charge in [-0.05, 0) is 70.5 Å². The van der Waals surface area contributed by atoms with Crippen LogP contribution in [0.4, 0.5) is 4.79 Å². The Balaban J connectivity index is 1.68. The van der Waals surface area contributed by atoms with E-state index in [1.54, 1.807) is 0 Å². The summed E-state index contributed by atoms with van der Waals surface area (Å²) in [5.74, 6) is 0.809. The molecular formula is C27H37BN2O5. The molecule has 1 aliphatic heterocycles. The smallest absolute Gasteiger partial charge is 0.492 e. The van der Waals surface area contributed by atoms with Crippen LogP contribution in [0.25, 0.3) is 6.08 Å². The van der Waals surface area contributed by atoms with E-state index in [9.17, 15) is 4.79 Å². The highest BCUT2D eigenvalue weighted by Gasteiger charge is 2.52. The van der Waals surface area contributed by atoms with E-state index in [1.807, 2.05) is 102 Å². The summed E-state index contributed by atoms with van der Waals surface area (Å²) in [5, 5.41) is 2.84. The Hall–Kier alpha value is -2.81. The molecule has 1 saturated heterocycles. The molecule has 2 aromatic carbocycles. The Morgan fingerprint density at radius 1 is 1.00 bits per heavy atom. The number of ether oxygens (including phenoxy) is 2. The first-order chi connectivity index (χ1) is 16.6. The molecule has 1 N–H and O–H groups in total. The molecule has 0 spiro atoms. The Morgan fingerprint density at radius 2 is 1.63 bits per heavy atom. The van der Waals surface area contributed by atoms with Crippen LogP contribution in [0.15, 0.2) is 60.1 Å². The van der Waals surface area contributed by atoms with E-state index in [1.165, 1.54) is 0 Å². The molecule has 0 aliphatic carbocycles. The Bertz CT molecular complexity index is 974. The number of nitrogens with one attached hydrogen (secondary N) is 1. The SMILES string of the molecule is CN(C)CCOc1ccc(C=C(CNC(=O)OCc2ccccc2)B2OC(C)(C)C(C)(C)O2)cc1. The third-order valence-corrected chi connectivity index (χ3v) is 6.24. The molecule has 8 heteroatoms. The van der Waals surface area contributed by atoms with Gasteiger partial charge in [-0.25, -0.2) is 4.79 Å². The van der Waals surface area contributed by atoms with Crippen LogP contribution in [0.3, 0.4) is 0 Å². The number of alkyl carbamates (subject to hydrolysis) is 1. The summed E-state index contributed by atoms with van der Waals surface area (Å²) in [7, 11) is 3.44. The van der Waals surface area contributed by atoms with Crippen molar-refractivity contribution in [1.29, 1.82) is 0 Å². The number of rotatable bonds is 10. The van der Waals surface area contributed by atoms with Gasteiger partial charge in [-0.3, -0.25) is 0 Å². The zero-order chi connectivity index (χ0) is 25.5. The molecule has 0 saturated carbocycles. The second-order valence-corrected chi connectivity index (χ2v) is 9.94. The summed E-state index contributed by atoms with van der Waals surface area (Å²) in [6, 6.07) is 17.4. The minimum atomic E-state index is -0.592. The van der Waals surface area contributed by atoms with E-state index in [2.05, 4.69) is 10.2 Å². The van der Waals surface area contributed by atoms with Crippen molar-refractivity contribution in [2.45, 2.75) is 45.5 Å². The maximum atomic E-state index is 12.4. The highest BCUT2D eigenvalue weighted by molar-refractivity contribution is 6.56. The summed E-state index contributed by atoms with van der Waals surface area (Å²) in [6.07, 6.45) is 1.48. The van der Waals surface area contributed by atoms with Crippen molar-refractivity contribution in [3.05, 3.63) is 71.2 Å². The third-order valence-electron chi connectivity index (χ3n) is 6.24. The normalized spacial score (nSPS) is 16.9. The van der Waals surface area contributed by atoms with Crippen molar-refractivity contribution in [1.82, 2.24) is 10.2 Å². The van der Waals surface area contributed by atoms with E-state index >= 15 is 0 Å². The zero-order valence-electron chi connectivity index (χ0n) is 21.7. The Kier molecular flexibility index (Phi) is 9.00. The number of carbonyl (C=O) groups excluding carboxylic acids is 1. The lowest BCUT2D eigenvalue weighted by Crippen LogP contribution is -2.41. The molecule has 35 heavy (non-hydrogen) atoms. The molecule has 188 valence electrons. The summed E-state index contributed by atoms with van der Waals surface area (Å²) >= 11 is 0. The number of hydrogen-bond donors (Lipinski definition) is 1. The predicted octanol–water partition coefficient (Wildman–Crippen LogP) is 4.57. The van der Waals surface area contributed by atoms with Crippen molar-refractivity contribution >= 4 is 19.3 Å². The van der Waals surface area contributed by atoms with Crippen LogP contribution in [-0.2, 0) is 20.7 Å². The molecule has 1 amide bonds. The maximum Gasteiger partial charge on any atom is 0.492 e. The fourth-order valence-corrected chi connectivity index (χ4v) is 3.37. The van der Waals surface area contributed by atoms with Crippen LogP contribution in [0.2, 0.25) is 0 Å². The summed E-state index contributed by atoms with van der Waals surface area (Å²) < 4.78 is 23.6. The van der Waals surface area contributed by atoms with Crippen molar-refractivity contribution in [2.75, 3.05) is 33.8 Å². The van der Waals surface area contributed by atoms with Gasteiger partial charge in [0.15, 0.2) is 0 Å². The molecule has 1 heterocycles. The molecule has 0 aromatic heterocycles. The highest BCUT2D eigenvalue weighted by Crippen LogP contribution is 2.38. The largest absolute Gasteiger partial charge is 0.492 e. The van der Waals surface area contributed by atoms with Crippen LogP contribution in [-0.4, -0.2) is 63.1 Å². The van der Waals surface area contributed by atoms with E-state index in [0.29, 0.717) is 6.61 Å². The lowest BCUT2D eigenvalue weighted by atomic mass is 9.77. The number of hydrogen-bond acceptors (Lipinski definition) is 6. The second-order valence-electron chi connectivity index (χ2n) is 9.94. The molecule has 0 radical (unpaired) electrons. The van der Waals surface area contributed by atoms with Gasteiger partial charge in [0.05, 0.1) is 11.2 Å². The molecule has 2 aromatic rings. The molecule has 1 fully saturated rings. The first-order valence-corrected chi connectivity index (χ1v) is 11.9.